The van der Waals surface area contributed by atoms with E-state index in [0.717, 1.165) is 26.6 Å². The molecule has 3 aromatic rings. The standard InChI is InChI=1S/C31H38ClN3O4S/c1-7-28(31(37)33-21(2)3)34(19-25-13-15-26(32)16-14-25)30(36)20-35(29-10-8-9-23(5)24(29)6)40(38,39)27-17-11-22(4)12-18-27/h8-18,21,28H,7,19-20H2,1-6H3,(H,33,37)/t28-/m1/s1. The molecule has 0 saturated heterocycles. The van der Waals surface area contributed by atoms with Gasteiger partial charge in [-0.1, -0.05) is 60.5 Å². The van der Waals surface area contributed by atoms with E-state index < -0.39 is 28.5 Å². The molecule has 0 saturated carbocycles. The van der Waals surface area contributed by atoms with Gasteiger partial charge >= 0.3 is 0 Å². The maximum absolute atomic E-state index is 14.1. The second-order valence-electron chi connectivity index (χ2n) is 10.3. The highest BCUT2D eigenvalue weighted by molar-refractivity contribution is 7.92. The zero-order valence-corrected chi connectivity index (χ0v) is 25.5. The van der Waals surface area contributed by atoms with Crippen LogP contribution >= 0.6 is 11.6 Å². The van der Waals surface area contributed by atoms with Crippen LogP contribution in [0.25, 0.3) is 0 Å². The Morgan fingerprint density at radius 3 is 2.12 bits per heavy atom. The second kappa shape index (κ2) is 13.3. The minimum Gasteiger partial charge on any atom is -0.352 e. The Morgan fingerprint density at radius 1 is 0.925 bits per heavy atom. The molecular formula is C31H38ClN3O4S. The quantitative estimate of drug-likeness (QED) is 0.309. The molecule has 0 aromatic heterocycles. The molecule has 0 bridgehead atoms. The fraction of sp³-hybridized carbons (Fsp3) is 0.355. The van der Waals surface area contributed by atoms with E-state index in [2.05, 4.69) is 5.32 Å². The van der Waals surface area contributed by atoms with Crippen molar-refractivity contribution in [1.82, 2.24) is 10.2 Å². The molecule has 0 heterocycles. The van der Waals surface area contributed by atoms with Crippen LogP contribution in [0.4, 0.5) is 5.69 Å². The molecule has 0 radical (unpaired) electrons. The third-order valence-corrected chi connectivity index (χ3v) is 8.84. The van der Waals surface area contributed by atoms with Crippen molar-refractivity contribution in [3.63, 3.8) is 0 Å². The second-order valence-corrected chi connectivity index (χ2v) is 12.6. The smallest absolute Gasteiger partial charge is 0.264 e. The van der Waals surface area contributed by atoms with Gasteiger partial charge in [-0.05, 0) is 88.1 Å². The maximum Gasteiger partial charge on any atom is 0.264 e. The number of rotatable bonds is 11. The van der Waals surface area contributed by atoms with E-state index in [0.29, 0.717) is 17.1 Å². The topological polar surface area (TPSA) is 86.8 Å². The average Bonchev–Trinajstić information content (AvgIpc) is 2.89. The fourth-order valence-corrected chi connectivity index (χ4v) is 6.04. The monoisotopic (exact) mass is 583 g/mol. The van der Waals surface area contributed by atoms with Crippen molar-refractivity contribution in [2.24, 2.45) is 0 Å². The number of nitrogens with zero attached hydrogens (tertiary/aromatic N) is 2. The molecule has 0 unspecified atom stereocenters. The number of aryl methyl sites for hydroxylation is 2. The number of benzene rings is 3. The zero-order chi connectivity index (χ0) is 29.6. The van der Waals surface area contributed by atoms with Crippen molar-refractivity contribution in [3.8, 4) is 0 Å². The molecule has 2 amide bonds. The number of carbonyl (C=O) groups excluding carboxylic acids is 2. The molecule has 214 valence electrons. The van der Waals surface area contributed by atoms with Gasteiger partial charge in [0.25, 0.3) is 10.0 Å². The van der Waals surface area contributed by atoms with E-state index in [4.69, 9.17) is 11.6 Å². The van der Waals surface area contributed by atoms with Gasteiger partial charge < -0.3 is 10.2 Å². The minimum absolute atomic E-state index is 0.0839. The summed E-state index contributed by atoms with van der Waals surface area (Å²) in [4.78, 5) is 28.9. The molecule has 0 spiro atoms. The van der Waals surface area contributed by atoms with Gasteiger partial charge in [-0.3, -0.25) is 13.9 Å². The Hall–Kier alpha value is -3.36. The van der Waals surface area contributed by atoms with Crippen LogP contribution in [0.15, 0.2) is 71.6 Å². The lowest BCUT2D eigenvalue weighted by atomic mass is 10.1. The largest absolute Gasteiger partial charge is 0.352 e. The number of nitrogens with one attached hydrogen (secondary N) is 1. The highest BCUT2D eigenvalue weighted by Gasteiger charge is 2.34. The van der Waals surface area contributed by atoms with Crippen LogP contribution < -0.4 is 9.62 Å². The molecule has 9 heteroatoms. The van der Waals surface area contributed by atoms with Crippen molar-refractivity contribution >= 4 is 39.1 Å². The summed E-state index contributed by atoms with van der Waals surface area (Å²) in [5.74, 6) is -0.781. The summed E-state index contributed by atoms with van der Waals surface area (Å²) in [6.45, 7) is 10.8. The van der Waals surface area contributed by atoms with Crippen LogP contribution in [0, 0.1) is 20.8 Å². The number of hydrogen-bond acceptors (Lipinski definition) is 4. The summed E-state index contributed by atoms with van der Waals surface area (Å²) in [5, 5.41) is 3.45. The lowest BCUT2D eigenvalue weighted by molar-refractivity contribution is -0.140. The number of halogens is 1. The van der Waals surface area contributed by atoms with Gasteiger partial charge in [-0.25, -0.2) is 8.42 Å². The first-order valence-corrected chi connectivity index (χ1v) is 15.2. The predicted molar refractivity (Wildman–Crippen MR) is 161 cm³/mol. The summed E-state index contributed by atoms with van der Waals surface area (Å²) in [6.07, 6.45) is 0.353. The molecule has 0 aliphatic heterocycles. The van der Waals surface area contributed by atoms with Gasteiger partial charge in [0.15, 0.2) is 0 Å². The third kappa shape index (κ3) is 7.43. The molecular weight excluding hydrogens is 546 g/mol. The number of amides is 2. The Morgan fingerprint density at radius 2 is 1.55 bits per heavy atom. The van der Waals surface area contributed by atoms with Crippen LogP contribution in [-0.4, -0.2) is 43.8 Å². The Kier molecular flexibility index (Phi) is 10.4. The summed E-state index contributed by atoms with van der Waals surface area (Å²) in [5.41, 5.74) is 3.76. The minimum atomic E-state index is -4.12. The Bertz CT molecular complexity index is 1440. The van der Waals surface area contributed by atoms with Crippen molar-refractivity contribution < 1.29 is 18.0 Å². The predicted octanol–water partition coefficient (Wildman–Crippen LogP) is 5.79. The first-order chi connectivity index (χ1) is 18.8. The van der Waals surface area contributed by atoms with E-state index in [1.165, 1.54) is 4.90 Å². The van der Waals surface area contributed by atoms with Gasteiger partial charge in [0.05, 0.1) is 10.6 Å². The van der Waals surface area contributed by atoms with Crippen LogP contribution in [0.2, 0.25) is 5.02 Å². The molecule has 3 aromatic carbocycles. The van der Waals surface area contributed by atoms with E-state index in [9.17, 15) is 18.0 Å². The van der Waals surface area contributed by atoms with Crippen LogP contribution in [0.1, 0.15) is 49.4 Å². The molecule has 0 aliphatic carbocycles. The number of sulfonamides is 1. The number of carbonyl (C=O) groups is 2. The van der Waals surface area contributed by atoms with Crippen LogP contribution in [0.5, 0.6) is 0 Å². The maximum atomic E-state index is 14.1. The Balaban J connectivity index is 2.10. The van der Waals surface area contributed by atoms with Crippen molar-refractivity contribution in [1.29, 1.82) is 0 Å². The van der Waals surface area contributed by atoms with E-state index in [1.807, 2.05) is 47.6 Å². The van der Waals surface area contributed by atoms with Crippen molar-refractivity contribution in [2.45, 2.75) is 71.5 Å². The van der Waals surface area contributed by atoms with Gasteiger partial charge in [0.1, 0.15) is 12.6 Å². The lowest BCUT2D eigenvalue weighted by Crippen LogP contribution is -2.53. The van der Waals surface area contributed by atoms with E-state index in [-0.39, 0.29) is 23.4 Å². The zero-order valence-electron chi connectivity index (χ0n) is 23.9. The molecule has 7 nitrogen and oxygen atoms in total. The van der Waals surface area contributed by atoms with Gasteiger partial charge in [-0.15, -0.1) is 0 Å². The molecule has 1 atom stereocenters. The lowest BCUT2D eigenvalue weighted by Gasteiger charge is -2.34. The normalized spacial score (nSPS) is 12.2. The third-order valence-electron chi connectivity index (χ3n) is 6.82. The van der Waals surface area contributed by atoms with E-state index in [1.54, 1.807) is 60.7 Å². The molecule has 0 fully saturated rings. The summed E-state index contributed by atoms with van der Waals surface area (Å²) >= 11 is 6.07. The van der Waals surface area contributed by atoms with E-state index >= 15 is 0 Å². The highest BCUT2D eigenvalue weighted by Crippen LogP contribution is 2.29. The SMILES string of the molecule is CC[C@H](C(=O)NC(C)C)N(Cc1ccc(Cl)cc1)C(=O)CN(c1cccc(C)c1C)S(=O)(=O)c1ccc(C)cc1. The van der Waals surface area contributed by atoms with Crippen molar-refractivity contribution in [2.75, 3.05) is 10.8 Å². The first kappa shape index (κ1) is 31.2. The summed E-state index contributed by atoms with van der Waals surface area (Å²) in [7, 11) is -4.12. The first-order valence-electron chi connectivity index (χ1n) is 13.3. The summed E-state index contributed by atoms with van der Waals surface area (Å²) in [6, 6.07) is 18.0. The molecule has 40 heavy (non-hydrogen) atoms. The molecule has 0 aliphatic rings. The van der Waals surface area contributed by atoms with Gasteiger partial charge in [0, 0.05) is 17.6 Å². The molecule has 3 rings (SSSR count). The van der Waals surface area contributed by atoms with Crippen LogP contribution in [-0.2, 0) is 26.2 Å². The number of anilines is 1. The molecule has 1 N–H and O–H groups in total. The van der Waals surface area contributed by atoms with Gasteiger partial charge in [0.2, 0.25) is 11.8 Å². The Labute approximate surface area is 243 Å². The van der Waals surface area contributed by atoms with Crippen molar-refractivity contribution in [3.05, 3.63) is 94.0 Å². The summed E-state index contributed by atoms with van der Waals surface area (Å²) < 4.78 is 29.2. The highest BCUT2D eigenvalue weighted by atomic mass is 35.5. The van der Waals surface area contributed by atoms with Gasteiger partial charge in [-0.2, -0.15) is 0 Å². The fourth-order valence-electron chi connectivity index (χ4n) is 4.44. The average molecular weight is 584 g/mol. The number of hydrogen-bond donors (Lipinski definition) is 1. The van der Waals surface area contributed by atoms with Crippen LogP contribution in [0.3, 0.4) is 0 Å².